The Morgan fingerprint density at radius 1 is 1.14 bits per heavy atom. The normalized spacial score (nSPS) is 17.8. The molecule has 21 heavy (non-hydrogen) atoms. The van der Waals surface area contributed by atoms with E-state index in [2.05, 4.69) is 15.9 Å². The Morgan fingerprint density at radius 2 is 1.81 bits per heavy atom. The van der Waals surface area contributed by atoms with Crippen molar-refractivity contribution in [1.82, 2.24) is 0 Å². The molecule has 2 aromatic carbocycles. The molecule has 0 aliphatic carbocycles. The van der Waals surface area contributed by atoms with E-state index in [0.717, 1.165) is 5.56 Å². The molecule has 0 fully saturated rings. The first kappa shape index (κ1) is 14.6. The van der Waals surface area contributed by atoms with E-state index in [9.17, 15) is 13.5 Å². The minimum atomic E-state index is -3.72. The molecule has 0 bridgehead atoms. The summed E-state index contributed by atoms with van der Waals surface area (Å²) >= 11 is 3.29. The van der Waals surface area contributed by atoms with Gasteiger partial charge in [0.2, 0.25) is 0 Å². The standard InChI is InChI=1S/C15H14BrNO3S/c16-13-6-2-4-8-15(13)21(19,20)17-12(10-18)9-11-5-1-3-7-14(11)17/h1-8,12,18H,9-10H2. The van der Waals surface area contributed by atoms with Crippen molar-refractivity contribution in [3.05, 3.63) is 58.6 Å². The van der Waals surface area contributed by atoms with Crippen molar-refractivity contribution in [2.24, 2.45) is 0 Å². The van der Waals surface area contributed by atoms with Crippen molar-refractivity contribution in [2.75, 3.05) is 10.9 Å². The number of halogens is 1. The van der Waals surface area contributed by atoms with Crippen LogP contribution in [0.15, 0.2) is 57.9 Å². The second-order valence-electron chi connectivity index (χ2n) is 4.90. The summed E-state index contributed by atoms with van der Waals surface area (Å²) in [4.78, 5) is 0.208. The Labute approximate surface area is 132 Å². The van der Waals surface area contributed by atoms with Gasteiger partial charge in [0.15, 0.2) is 0 Å². The van der Waals surface area contributed by atoms with Crippen molar-refractivity contribution in [3.8, 4) is 0 Å². The number of hydrogen-bond acceptors (Lipinski definition) is 3. The van der Waals surface area contributed by atoms with Crippen LogP contribution in [-0.4, -0.2) is 26.2 Å². The smallest absolute Gasteiger partial charge is 0.265 e. The summed E-state index contributed by atoms with van der Waals surface area (Å²) in [6, 6.07) is 13.6. The summed E-state index contributed by atoms with van der Waals surface area (Å²) in [6.45, 7) is -0.210. The van der Waals surface area contributed by atoms with Crippen molar-refractivity contribution in [3.63, 3.8) is 0 Å². The number of sulfonamides is 1. The van der Waals surface area contributed by atoms with E-state index >= 15 is 0 Å². The van der Waals surface area contributed by atoms with E-state index in [-0.39, 0.29) is 11.5 Å². The summed E-state index contributed by atoms with van der Waals surface area (Å²) in [5, 5.41) is 9.57. The Bertz CT molecular complexity index is 776. The Morgan fingerprint density at radius 3 is 2.52 bits per heavy atom. The van der Waals surface area contributed by atoms with Gasteiger partial charge in [0.1, 0.15) is 4.90 Å². The van der Waals surface area contributed by atoms with Gasteiger partial charge < -0.3 is 5.11 Å². The third kappa shape index (κ3) is 2.37. The van der Waals surface area contributed by atoms with Crippen molar-refractivity contribution in [2.45, 2.75) is 17.4 Å². The number of anilines is 1. The predicted octanol–water partition coefficient (Wildman–Crippen LogP) is 2.56. The van der Waals surface area contributed by atoms with Gasteiger partial charge in [0, 0.05) is 4.47 Å². The predicted molar refractivity (Wildman–Crippen MR) is 84.8 cm³/mol. The van der Waals surface area contributed by atoms with Crippen LogP contribution in [-0.2, 0) is 16.4 Å². The van der Waals surface area contributed by atoms with E-state index in [1.54, 1.807) is 36.4 Å². The lowest BCUT2D eigenvalue weighted by molar-refractivity contribution is 0.270. The molecular formula is C15H14BrNO3S. The number of rotatable bonds is 3. The van der Waals surface area contributed by atoms with Crippen LogP contribution >= 0.6 is 15.9 Å². The molecule has 1 N–H and O–H groups in total. The largest absolute Gasteiger partial charge is 0.394 e. The van der Waals surface area contributed by atoms with Crippen LogP contribution in [0, 0.1) is 0 Å². The van der Waals surface area contributed by atoms with Gasteiger partial charge in [-0.2, -0.15) is 0 Å². The maximum atomic E-state index is 13.0. The number of para-hydroxylation sites is 1. The molecule has 6 heteroatoms. The first-order chi connectivity index (χ1) is 10.1. The number of aliphatic hydroxyl groups excluding tert-OH is 1. The molecule has 0 saturated carbocycles. The van der Waals surface area contributed by atoms with Crippen LogP contribution in [0.2, 0.25) is 0 Å². The molecule has 1 unspecified atom stereocenters. The molecule has 1 atom stereocenters. The Balaban J connectivity index is 2.16. The average molecular weight is 368 g/mol. The maximum Gasteiger partial charge on any atom is 0.265 e. The highest BCUT2D eigenvalue weighted by atomic mass is 79.9. The zero-order chi connectivity index (χ0) is 15.0. The van der Waals surface area contributed by atoms with Crippen molar-refractivity contribution >= 4 is 31.6 Å². The van der Waals surface area contributed by atoms with Crippen LogP contribution in [0.25, 0.3) is 0 Å². The first-order valence-electron chi connectivity index (χ1n) is 6.53. The quantitative estimate of drug-likeness (QED) is 0.906. The highest BCUT2D eigenvalue weighted by molar-refractivity contribution is 9.10. The van der Waals surface area contributed by atoms with Crippen LogP contribution in [0.4, 0.5) is 5.69 Å². The molecule has 1 heterocycles. The first-order valence-corrected chi connectivity index (χ1v) is 8.76. The molecule has 3 rings (SSSR count). The van der Waals surface area contributed by atoms with Crippen LogP contribution < -0.4 is 4.31 Å². The highest BCUT2D eigenvalue weighted by Gasteiger charge is 2.38. The fraction of sp³-hybridized carbons (Fsp3) is 0.200. The lowest BCUT2D eigenvalue weighted by atomic mass is 10.1. The molecule has 0 spiro atoms. The summed E-state index contributed by atoms with van der Waals surface area (Å²) in [5.74, 6) is 0. The maximum absolute atomic E-state index is 13.0. The number of hydrogen-bond donors (Lipinski definition) is 1. The summed E-state index contributed by atoms with van der Waals surface area (Å²) < 4.78 is 27.8. The van der Waals surface area contributed by atoms with Crippen molar-refractivity contribution < 1.29 is 13.5 Å². The minimum absolute atomic E-state index is 0.208. The number of benzene rings is 2. The molecule has 0 radical (unpaired) electrons. The van der Waals surface area contributed by atoms with E-state index in [4.69, 9.17) is 0 Å². The van der Waals surface area contributed by atoms with Crippen molar-refractivity contribution in [1.29, 1.82) is 0 Å². The monoisotopic (exact) mass is 367 g/mol. The van der Waals surface area contributed by atoms with Gasteiger partial charge in [0.25, 0.3) is 10.0 Å². The Kier molecular flexibility index (Phi) is 3.77. The molecule has 2 aromatic rings. The SMILES string of the molecule is O=S(=O)(c1ccccc1Br)N1c2ccccc2CC1CO. The third-order valence-electron chi connectivity index (χ3n) is 3.60. The van der Waals surface area contributed by atoms with Gasteiger partial charge in [-0.15, -0.1) is 0 Å². The van der Waals surface area contributed by atoms with Gasteiger partial charge in [-0.1, -0.05) is 30.3 Å². The zero-order valence-corrected chi connectivity index (χ0v) is 13.5. The van der Waals surface area contributed by atoms with E-state index in [1.807, 2.05) is 12.1 Å². The molecule has 4 nitrogen and oxygen atoms in total. The number of nitrogens with zero attached hydrogens (tertiary/aromatic N) is 1. The van der Waals surface area contributed by atoms with Gasteiger partial charge >= 0.3 is 0 Å². The summed E-state index contributed by atoms with van der Waals surface area (Å²) in [5.41, 5.74) is 1.58. The Hall–Kier alpha value is -1.37. The second kappa shape index (κ2) is 5.44. The van der Waals surface area contributed by atoms with Gasteiger partial charge in [-0.05, 0) is 46.1 Å². The number of fused-ring (bicyclic) bond motifs is 1. The fourth-order valence-electron chi connectivity index (χ4n) is 2.66. The second-order valence-corrected chi connectivity index (χ2v) is 7.54. The molecule has 110 valence electrons. The van der Waals surface area contributed by atoms with Gasteiger partial charge in [-0.3, -0.25) is 4.31 Å². The lowest BCUT2D eigenvalue weighted by Gasteiger charge is -2.26. The van der Waals surface area contributed by atoms with Crippen LogP contribution in [0.3, 0.4) is 0 Å². The highest BCUT2D eigenvalue weighted by Crippen LogP contribution is 2.37. The molecule has 0 amide bonds. The third-order valence-corrected chi connectivity index (χ3v) is 6.48. The summed E-state index contributed by atoms with van der Waals surface area (Å²) in [6.07, 6.45) is 0.524. The zero-order valence-electron chi connectivity index (χ0n) is 11.1. The average Bonchev–Trinajstić information content (AvgIpc) is 2.86. The van der Waals surface area contributed by atoms with E-state index in [0.29, 0.717) is 16.6 Å². The van der Waals surface area contributed by atoms with E-state index < -0.39 is 16.1 Å². The molecule has 0 aromatic heterocycles. The van der Waals surface area contributed by atoms with Gasteiger partial charge in [0.05, 0.1) is 18.3 Å². The lowest BCUT2D eigenvalue weighted by Crippen LogP contribution is -2.40. The topological polar surface area (TPSA) is 57.6 Å². The summed E-state index contributed by atoms with van der Waals surface area (Å²) in [7, 11) is -3.72. The molecule has 1 aliphatic heterocycles. The molecular weight excluding hydrogens is 354 g/mol. The minimum Gasteiger partial charge on any atom is -0.394 e. The molecule has 0 saturated heterocycles. The van der Waals surface area contributed by atoms with Crippen LogP contribution in [0.5, 0.6) is 0 Å². The van der Waals surface area contributed by atoms with Crippen LogP contribution in [0.1, 0.15) is 5.56 Å². The fourth-order valence-corrected chi connectivity index (χ4v) is 5.30. The number of aliphatic hydroxyl groups is 1. The molecule has 1 aliphatic rings. The van der Waals surface area contributed by atoms with E-state index in [1.165, 1.54) is 4.31 Å². The van der Waals surface area contributed by atoms with Gasteiger partial charge in [-0.25, -0.2) is 8.42 Å².